The van der Waals surface area contributed by atoms with E-state index in [4.69, 9.17) is 0 Å². The molecule has 1 atom stereocenters. The largest absolute Gasteiger partial charge is 0.0622 e. The predicted octanol–water partition coefficient (Wildman–Crippen LogP) is 15.2. The zero-order valence-electron chi connectivity index (χ0n) is 34.2. The molecule has 4 bridgehead atoms. The third-order valence-corrected chi connectivity index (χ3v) is 15.2. The zero-order valence-corrected chi connectivity index (χ0v) is 34.2. The lowest BCUT2D eigenvalue weighted by molar-refractivity contribution is -0.0933. The summed E-state index contributed by atoms with van der Waals surface area (Å²) in [5.41, 5.74) is 17.0. The quantitative estimate of drug-likeness (QED) is 0.145. The van der Waals surface area contributed by atoms with Gasteiger partial charge in [-0.2, -0.15) is 0 Å². The van der Waals surface area contributed by atoms with E-state index in [2.05, 4.69) is 213 Å². The summed E-state index contributed by atoms with van der Waals surface area (Å²) in [5, 5.41) is 0. The molecule has 5 aliphatic carbocycles. The first-order valence-electron chi connectivity index (χ1n) is 21.9. The van der Waals surface area contributed by atoms with Crippen molar-refractivity contribution in [3.63, 3.8) is 0 Å². The van der Waals surface area contributed by atoms with E-state index < -0.39 is 0 Å². The second kappa shape index (κ2) is 14.1. The second-order valence-electron chi connectivity index (χ2n) is 18.8. The van der Waals surface area contributed by atoms with Gasteiger partial charge in [-0.15, -0.1) is 0 Å². The Labute approximate surface area is 351 Å². The van der Waals surface area contributed by atoms with Crippen molar-refractivity contribution in [1.29, 1.82) is 0 Å². The van der Waals surface area contributed by atoms with Crippen LogP contribution in [0.5, 0.6) is 0 Å². The van der Waals surface area contributed by atoms with Crippen LogP contribution in [0.1, 0.15) is 74.1 Å². The van der Waals surface area contributed by atoms with E-state index in [0.29, 0.717) is 5.92 Å². The molecule has 0 nitrogen and oxygen atoms in total. The van der Waals surface area contributed by atoms with Gasteiger partial charge in [0.15, 0.2) is 0 Å². The molecule has 59 heavy (non-hydrogen) atoms. The summed E-state index contributed by atoms with van der Waals surface area (Å²) in [6.45, 7) is 2.53. The summed E-state index contributed by atoms with van der Waals surface area (Å²) in [6.07, 6.45) is 13.4. The Bertz CT molecular complexity index is 2400. The highest BCUT2D eigenvalue weighted by Gasteiger charge is 2.70. The zero-order chi connectivity index (χ0) is 39.5. The smallest absolute Gasteiger partial charge is 0.00216 e. The highest BCUT2D eigenvalue weighted by Crippen LogP contribution is 2.77. The van der Waals surface area contributed by atoms with Gasteiger partial charge in [0.2, 0.25) is 0 Å². The summed E-state index contributed by atoms with van der Waals surface area (Å²) in [4.78, 5) is 0. The van der Waals surface area contributed by atoms with Crippen LogP contribution in [0.4, 0.5) is 0 Å². The molecule has 288 valence electrons. The molecule has 7 aromatic rings. The van der Waals surface area contributed by atoms with Crippen molar-refractivity contribution >= 4 is 5.57 Å². The van der Waals surface area contributed by atoms with Crippen LogP contribution in [0.2, 0.25) is 0 Å². The highest BCUT2D eigenvalue weighted by atomic mass is 14.7. The molecule has 12 rings (SSSR count). The van der Waals surface area contributed by atoms with Gasteiger partial charge in [-0.05, 0) is 134 Å². The Kier molecular flexibility index (Phi) is 8.63. The molecule has 7 aromatic carbocycles. The van der Waals surface area contributed by atoms with Crippen LogP contribution in [-0.4, -0.2) is 0 Å². The van der Waals surface area contributed by atoms with Crippen molar-refractivity contribution in [2.24, 2.45) is 11.3 Å². The van der Waals surface area contributed by atoms with Crippen molar-refractivity contribution < 1.29 is 0 Å². The molecule has 0 N–H and O–H groups in total. The normalized spacial score (nSPS) is 26.9. The van der Waals surface area contributed by atoms with Crippen LogP contribution in [0.25, 0.3) is 39.0 Å². The summed E-state index contributed by atoms with van der Waals surface area (Å²) in [6, 6.07) is 73.4. The summed E-state index contributed by atoms with van der Waals surface area (Å²) in [5.74, 6) is 0.471. The topological polar surface area (TPSA) is 0 Å². The maximum atomic E-state index is 2.61. The molecule has 4 fully saturated rings. The molecule has 0 heteroatoms. The fraction of sp³-hybridized carbons (Fsp3) is 0.220. The van der Waals surface area contributed by atoms with Crippen LogP contribution in [0.3, 0.4) is 0 Å². The Hall–Kier alpha value is -5.98. The van der Waals surface area contributed by atoms with Crippen LogP contribution in [0.15, 0.2) is 212 Å². The molecular weight excluding hydrogens is 709 g/mol. The van der Waals surface area contributed by atoms with Gasteiger partial charge in [0.1, 0.15) is 0 Å². The minimum atomic E-state index is 0.0319. The Morgan fingerprint density at radius 2 is 0.593 bits per heavy atom. The number of benzene rings is 7. The van der Waals surface area contributed by atoms with Gasteiger partial charge in [-0.1, -0.05) is 219 Å². The first-order valence-corrected chi connectivity index (χ1v) is 21.9. The monoisotopic (exact) mass is 760 g/mol. The van der Waals surface area contributed by atoms with Crippen LogP contribution >= 0.6 is 0 Å². The SMILES string of the molecule is CC1CC(c2ccccc2)=CC=C1C12CC3(c4ccc(-c5ccccc5)cc4)CC(c4ccc(-c5ccccc5)cc4)(C1)CC(c1ccc(-c4ccccc4)cc1)(C2)C3. The van der Waals surface area contributed by atoms with E-state index in [1.165, 1.54) is 99.7 Å². The van der Waals surface area contributed by atoms with E-state index in [1.54, 1.807) is 5.57 Å². The average molecular weight is 761 g/mol. The molecule has 0 spiro atoms. The first kappa shape index (κ1) is 36.1. The predicted molar refractivity (Wildman–Crippen MR) is 247 cm³/mol. The summed E-state index contributed by atoms with van der Waals surface area (Å²) in [7, 11) is 0. The molecule has 5 aliphatic rings. The average Bonchev–Trinajstić information content (AvgIpc) is 3.30. The molecule has 0 aliphatic heterocycles. The van der Waals surface area contributed by atoms with Gasteiger partial charge in [0.05, 0.1) is 0 Å². The van der Waals surface area contributed by atoms with Gasteiger partial charge in [0, 0.05) is 0 Å². The maximum Gasteiger partial charge on any atom is -0.00216 e. The van der Waals surface area contributed by atoms with Crippen molar-refractivity contribution in [3.05, 3.63) is 234 Å². The molecule has 4 saturated carbocycles. The van der Waals surface area contributed by atoms with Gasteiger partial charge in [0.25, 0.3) is 0 Å². The van der Waals surface area contributed by atoms with Gasteiger partial charge in [-0.25, -0.2) is 0 Å². The Morgan fingerprint density at radius 3 is 0.915 bits per heavy atom. The highest BCUT2D eigenvalue weighted by molar-refractivity contribution is 5.70. The molecular formula is C59H52. The molecule has 0 aromatic heterocycles. The summed E-state index contributed by atoms with van der Waals surface area (Å²) >= 11 is 0. The van der Waals surface area contributed by atoms with Crippen LogP contribution in [-0.2, 0) is 16.2 Å². The van der Waals surface area contributed by atoms with Crippen LogP contribution in [0, 0.1) is 11.3 Å². The Morgan fingerprint density at radius 1 is 0.305 bits per heavy atom. The van der Waals surface area contributed by atoms with Gasteiger partial charge in [-0.3, -0.25) is 0 Å². The van der Waals surface area contributed by atoms with E-state index in [9.17, 15) is 0 Å². The van der Waals surface area contributed by atoms with Gasteiger partial charge < -0.3 is 0 Å². The fourth-order valence-corrected chi connectivity index (χ4v) is 13.2. The number of hydrogen-bond acceptors (Lipinski definition) is 0. The van der Waals surface area contributed by atoms with Crippen molar-refractivity contribution in [3.8, 4) is 33.4 Å². The molecule has 0 radical (unpaired) electrons. The van der Waals surface area contributed by atoms with Crippen molar-refractivity contribution in [1.82, 2.24) is 0 Å². The van der Waals surface area contributed by atoms with Crippen molar-refractivity contribution in [2.75, 3.05) is 0 Å². The minimum Gasteiger partial charge on any atom is -0.0622 e. The number of rotatable bonds is 8. The van der Waals surface area contributed by atoms with Crippen LogP contribution < -0.4 is 0 Å². The van der Waals surface area contributed by atoms with E-state index >= 15 is 0 Å². The maximum absolute atomic E-state index is 2.61. The molecule has 0 heterocycles. The fourth-order valence-electron chi connectivity index (χ4n) is 13.2. The molecule has 0 amide bonds. The lowest BCUT2D eigenvalue weighted by Crippen LogP contribution is -2.66. The Balaban J connectivity index is 1.10. The third kappa shape index (κ3) is 6.19. The standard InChI is InChI=1S/C59H52/c1-43-36-51(47-20-12-5-13-21-47)28-35-55(43)59-40-56(52-29-22-48(23-30-52)44-14-6-2-7-15-44)37-57(41-59,53-31-24-49(25-32-53)45-16-8-3-9-17-45)39-58(38-56,42-59)54-33-26-50(27-34-54)46-18-10-4-11-19-46/h2-35,43H,36-42H2,1H3. The summed E-state index contributed by atoms with van der Waals surface area (Å²) < 4.78 is 0. The number of hydrogen-bond donors (Lipinski definition) is 0. The first-order chi connectivity index (χ1) is 28.9. The number of allylic oxidation sites excluding steroid dienone is 4. The second-order valence-corrected chi connectivity index (χ2v) is 18.8. The third-order valence-electron chi connectivity index (χ3n) is 15.2. The van der Waals surface area contributed by atoms with E-state index in [1.807, 2.05) is 0 Å². The molecule has 0 saturated heterocycles. The van der Waals surface area contributed by atoms with Crippen molar-refractivity contribution in [2.45, 2.75) is 68.1 Å². The lowest BCUT2D eigenvalue weighted by atomic mass is 9.31. The minimum absolute atomic E-state index is 0.0319. The molecule has 1 unspecified atom stereocenters. The van der Waals surface area contributed by atoms with E-state index in [-0.39, 0.29) is 21.7 Å². The lowest BCUT2D eigenvalue weighted by Gasteiger charge is -2.72. The van der Waals surface area contributed by atoms with E-state index in [0.717, 1.165) is 6.42 Å². The van der Waals surface area contributed by atoms with Gasteiger partial charge >= 0.3 is 0 Å².